The predicted molar refractivity (Wildman–Crippen MR) is 100 cm³/mol. The zero-order valence-electron chi connectivity index (χ0n) is 13.8. The van der Waals surface area contributed by atoms with Crippen molar-refractivity contribution in [1.29, 1.82) is 0 Å². The smallest absolute Gasteiger partial charge is 0.276 e. The lowest BCUT2D eigenvalue weighted by Gasteiger charge is -2.34. The molecule has 0 bridgehead atoms. The van der Waals surface area contributed by atoms with Crippen molar-refractivity contribution in [3.8, 4) is 0 Å². The lowest BCUT2D eigenvalue weighted by molar-refractivity contribution is -0.121. The summed E-state index contributed by atoms with van der Waals surface area (Å²) in [4.78, 5) is 35.0. The average Bonchev–Trinajstić information content (AvgIpc) is 2.64. The van der Waals surface area contributed by atoms with E-state index in [9.17, 15) is 9.59 Å². The van der Waals surface area contributed by atoms with Crippen molar-refractivity contribution in [2.75, 3.05) is 17.6 Å². The van der Waals surface area contributed by atoms with Crippen molar-refractivity contribution in [1.82, 2.24) is 14.9 Å². The van der Waals surface area contributed by atoms with E-state index in [2.05, 4.69) is 15.3 Å². The molecule has 0 spiro atoms. The van der Waals surface area contributed by atoms with Crippen molar-refractivity contribution >= 4 is 46.5 Å². The first-order valence-corrected chi connectivity index (χ1v) is 8.86. The summed E-state index contributed by atoms with van der Waals surface area (Å²) in [5.74, 6) is -0.676. The standard InChI is InChI=1S/C17H17Cl2N5O2/c18-10-4-5-12(11(19)9-10)23-16(25)13-3-1-2-8-24(13)17(26)14-15(20)22-7-6-21-14/h4-7,9,13H,1-3,8H2,(H2,20,22)(H,23,25). The van der Waals surface area contributed by atoms with E-state index in [-0.39, 0.29) is 17.4 Å². The number of nitrogen functional groups attached to an aromatic ring is 1. The van der Waals surface area contributed by atoms with Gasteiger partial charge in [0.1, 0.15) is 6.04 Å². The third kappa shape index (κ3) is 3.89. The molecule has 1 atom stereocenters. The molecule has 1 aliphatic rings. The van der Waals surface area contributed by atoms with Crippen molar-refractivity contribution in [2.45, 2.75) is 25.3 Å². The van der Waals surface area contributed by atoms with E-state index in [1.165, 1.54) is 17.3 Å². The van der Waals surface area contributed by atoms with E-state index in [4.69, 9.17) is 28.9 Å². The molecule has 26 heavy (non-hydrogen) atoms. The molecule has 0 saturated carbocycles. The molecule has 2 amide bonds. The largest absolute Gasteiger partial charge is 0.382 e. The third-order valence-electron chi connectivity index (χ3n) is 4.18. The van der Waals surface area contributed by atoms with E-state index in [0.717, 1.165) is 12.8 Å². The first kappa shape index (κ1) is 18.4. The van der Waals surface area contributed by atoms with Gasteiger partial charge in [-0.15, -0.1) is 0 Å². The van der Waals surface area contributed by atoms with E-state index in [1.54, 1.807) is 18.2 Å². The van der Waals surface area contributed by atoms with Crippen LogP contribution in [-0.4, -0.2) is 39.3 Å². The highest BCUT2D eigenvalue weighted by Gasteiger charge is 2.34. The molecule has 2 heterocycles. The van der Waals surface area contributed by atoms with Crippen LogP contribution < -0.4 is 11.1 Å². The topological polar surface area (TPSA) is 101 Å². The Kier molecular flexibility index (Phi) is 5.58. The van der Waals surface area contributed by atoms with Crippen molar-refractivity contribution in [2.24, 2.45) is 0 Å². The molecule has 1 aromatic heterocycles. The summed E-state index contributed by atoms with van der Waals surface area (Å²) in [5.41, 5.74) is 6.25. The maximum atomic E-state index is 12.8. The average molecular weight is 394 g/mol. The Hall–Kier alpha value is -2.38. The molecule has 3 N–H and O–H groups in total. The van der Waals surface area contributed by atoms with Gasteiger partial charge < -0.3 is 16.0 Å². The lowest BCUT2D eigenvalue weighted by Crippen LogP contribution is -2.50. The number of hydrogen-bond donors (Lipinski definition) is 2. The zero-order valence-corrected chi connectivity index (χ0v) is 15.3. The van der Waals surface area contributed by atoms with Crippen LogP contribution in [0.5, 0.6) is 0 Å². The van der Waals surface area contributed by atoms with Gasteiger partial charge in [-0.05, 0) is 37.5 Å². The molecule has 0 aliphatic carbocycles. The molecule has 1 saturated heterocycles. The van der Waals surface area contributed by atoms with E-state index in [0.29, 0.717) is 28.7 Å². The summed E-state index contributed by atoms with van der Waals surface area (Å²) in [6.07, 6.45) is 5.00. The normalized spacial score (nSPS) is 17.0. The number of anilines is 2. The molecule has 3 rings (SSSR count). The summed E-state index contributed by atoms with van der Waals surface area (Å²) in [6.45, 7) is 0.446. The first-order chi connectivity index (χ1) is 12.5. The zero-order chi connectivity index (χ0) is 18.7. The molecule has 136 valence electrons. The number of halogens is 2. The fraction of sp³-hybridized carbons (Fsp3) is 0.294. The SMILES string of the molecule is Nc1nccnc1C(=O)N1CCCCC1C(=O)Nc1ccc(Cl)cc1Cl. The van der Waals surface area contributed by atoms with E-state index < -0.39 is 11.9 Å². The van der Waals surface area contributed by atoms with Gasteiger partial charge in [0, 0.05) is 24.0 Å². The highest BCUT2D eigenvalue weighted by Crippen LogP contribution is 2.27. The van der Waals surface area contributed by atoms with E-state index >= 15 is 0 Å². The van der Waals surface area contributed by atoms with Gasteiger partial charge >= 0.3 is 0 Å². The van der Waals surface area contributed by atoms with Crippen LogP contribution in [0.25, 0.3) is 0 Å². The number of amides is 2. The molecular weight excluding hydrogens is 377 g/mol. The summed E-state index contributed by atoms with van der Waals surface area (Å²) < 4.78 is 0. The lowest BCUT2D eigenvalue weighted by atomic mass is 10.0. The van der Waals surface area contributed by atoms with Crippen LogP contribution in [0.1, 0.15) is 29.8 Å². The minimum absolute atomic E-state index is 0.0444. The number of carbonyl (C=O) groups excluding carboxylic acids is 2. The third-order valence-corrected chi connectivity index (χ3v) is 4.73. The fourth-order valence-corrected chi connectivity index (χ4v) is 3.36. The van der Waals surface area contributed by atoms with Gasteiger partial charge in [0.05, 0.1) is 10.7 Å². The van der Waals surface area contributed by atoms with Gasteiger partial charge in [-0.2, -0.15) is 0 Å². The summed E-state index contributed by atoms with van der Waals surface area (Å²) >= 11 is 12.0. The number of rotatable bonds is 3. The van der Waals surface area contributed by atoms with Crippen LogP contribution >= 0.6 is 23.2 Å². The number of nitrogens with zero attached hydrogens (tertiary/aromatic N) is 3. The molecule has 0 radical (unpaired) electrons. The number of hydrogen-bond acceptors (Lipinski definition) is 5. The maximum Gasteiger partial charge on any atom is 0.276 e. The van der Waals surface area contributed by atoms with Crippen molar-refractivity contribution in [3.05, 3.63) is 46.3 Å². The number of piperidine rings is 1. The summed E-state index contributed by atoms with van der Waals surface area (Å²) in [5, 5.41) is 3.57. The van der Waals surface area contributed by atoms with Crippen LogP contribution in [0, 0.1) is 0 Å². The molecule has 7 nitrogen and oxygen atoms in total. The van der Waals surface area contributed by atoms with Crippen LogP contribution in [-0.2, 0) is 4.79 Å². The number of aromatic nitrogens is 2. The van der Waals surface area contributed by atoms with Gasteiger partial charge in [0.25, 0.3) is 5.91 Å². The number of carbonyl (C=O) groups is 2. The van der Waals surface area contributed by atoms with E-state index in [1.807, 2.05) is 0 Å². The second kappa shape index (κ2) is 7.88. The highest BCUT2D eigenvalue weighted by molar-refractivity contribution is 6.36. The quantitative estimate of drug-likeness (QED) is 0.834. The molecular formula is C17H17Cl2N5O2. The molecule has 1 aromatic carbocycles. The number of benzene rings is 1. The minimum atomic E-state index is -0.635. The predicted octanol–water partition coefficient (Wildman–Crippen LogP) is 3.00. The monoisotopic (exact) mass is 393 g/mol. The Morgan fingerprint density at radius 3 is 2.69 bits per heavy atom. The van der Waals surface area contributed by atoms with Crippen molar-refractivity contribution in [3.63, 3.8) is 0 Å². The van der Waals surface area contributed by atoms with Crippen LogP contribution in [0.4, 0.5) is 11.5 Å². The van der Waals surface area contributed by atoms with Gasteiger partial charge in [-0.3, -0.25) is 9.59 Å². The Labute approximate surface area is 160 Å². The molecule has 1 aliphatic heterocycles. The molecule has 1 fully saturated rings. The Morgan fingerprint density at radius 1 is 1.19 bits per heavy atom. The van der Waals surface area contributed by atoms with Crippen LogP contribution in [0.15, 0.2) is 30.6 Å². The molecule has 2 aromatic rings. The van der Waals surface area contributed by atoms with Crippen LogP contribution in [0.2, 0.25) is 10.0 Å². The second-order valence-electron chi connectivity index (χ2n) is 5.91. The van der Waals surface area contributed by atoms with Crippen LogP contribution in [0.3, 0.4) is 0 Å². The summed E-state index contributed by atoms with van der Waals surface area (Å²) in [7, 11) is 0. The Morgan fingerprint density at radius 2 is 1.96 bits per heavy atom. The summed E-state index contributed by atoms with van der Waals surface area (Å²) in [6, 6.07) is 4.16. The molecule has 9 heteroatoms. The minimum Gasteiger partial charge on any atom is -0.382 e. The Bertz CT molecular complexity index is 846. The highest BCUT2D eigenvalue weighted by atomic mass is 35.5. The number of likely N-dealkylation sites (tertiary alicyclic amines) is 1. The maximum absolute atomic E-state index is 12.8. The van der Waals surface area contributed by atoms with Crippen molar-refractivity contribution < 1.29 is 9.59 Å². The van der Waals surface area contributed by atoms with Gasteiger partial charge in [-0.1, -0.05) is 23.2 Å². The van der Waals surface area contributed by atoms with Gasteiger partial charge in [0.2, 0.25) is 5.91 Å². The Balaban J connectivity index is 1.81. The van der Waals surface area contributed by atoms with Gasteiger partial charge in [-0.25, -0.2) is 9.97 Å². The number of nitrogens with two attached hydrogens (primary N) is 1. The molecule has 1 unspecified atom stereocenters. The van der Waals surface area contributed by atoms with Gasteiger partial charge in [0.15, 0.2) is 11.5 Å². The first-order valence-electron chi connectivity index (χ1n) is 8.10. The fourth-order valence-electron chi connectivity index (χ4n) is 2.90. The second-order valence-corrected chi connectivity index (χ2v) is 6.76. The number of nitrogens with one attached hydrogen (secondary N) is 1.